The number of aryl methyl sites for hydroxylation is 1. The summed E-state index contributed by atoms with van der Waals surface area (Å²) < 4.78 is 0. The number of carbonyl (C=O) groups excluding carboxylic acids is 1. The lowest BCUT2D eigenvalue weighted by molar-refractivity contribution is -0.134. The molecule has 2 aliphatic carbocycles. The zero-order chi connectivity index (χ0) is 13.7. The zero-order valence-corrected chi connectivity index (χ0v) is 12.1. The van der Waals surface area contributed by atoms with Crippen molar-refractivity contribution in [2.24, 2.45) is 0 Å². The maximum Gasteiger partial charge on any atom is 0.244 e. The van der Waals surface area contributed by atoms with Crippen LogP contribution in [0.25, 0.3) is 0 Å². The van der Waals surface area contributed by atoms with Crippen LogP contribution in [0.2, 0.25) is 0 Å². The van der Waals surface area contributed by atoms with Crippen LogP contribution in [-0.4, -0.2) is 22.4 Å². The summed E-state index contributed by atoms with van der Waals surface area (Å²) in [5.74, 6) is 0.353. The Morgan fingerprint density at radius 2 is 1.95 bits per heavy atom. The molecule has 1 aromatic carbocycles. The van der Waals surface area contributed by atoms with Gasteiger partial charge < -0.3 is 4.90 Å². The highest BCUT2D eigenvalue weighted by Crippen LogP contribution is 2.48. The van der Waals surface area contributed by atoms with Gasteiger partial charge in [-0.15, -0.1) is 0 Å². The fourth-order valence-corrected chi connectivity index (χ4v) is 3.46. The largest absolute Gasteiger partial charge is 0.318 e. The molecule has 0 bridgehead atoms. The van der Waals surface area contributed by atoms with Crippen molar-refractivity contribution in [3.8, 4) is 0 Å². The molecule has 2 saturated carbocycles. The molecule has 20 heavy (non-hydrogen) atoms. The molecule has 1 N–H and O–H groups in total. The third kappa shape index (κ3) is 1.72. The summed E-state index contributed by atoms with van der Waals surface area (Å²) >= 11 is 0. The Bertz CT molecular complexity index is 528. The van der Waals surface area contributed by atoms with Gasteiger partial charge in [0.05, 0.1) is 0 Å². The first-order valence-electron chi connectivity index (χ1n) is 7.93. The highest BCUT2D eigenvalue weighted by Gasteiger charge is 2.60. The molecule has 1 aliphatic heterocycles. The van der Waals surface area contributed by atoms with E-state index in [1.807, 2.05) is 0 Å². The topological polar surface area (TPSA) is 32.3 Å². The number of nitrogens with zero attached hydrogens (tertiary/aromatic N) is 1. The molecule has 3 heteroatoms. The van der Waals surface area contributed by atoms with E-state index in [1.54, 1.807) is 0 Å². The molecule has 106 valence electrons. The van der Waals surface area contributed by atoms with Crippen LogP contribution in [0, 0.1) is 0 Å². The van der Waals surface area contributed by atoms with E-state index < -0.39 is 0 Å². The molecule has 1 spiro atoms. The predicted molar refractivity (Wildman–Crippen MR) is 78.1 cm³/mol. The van der Waals surface area contributed by atoms with Gasteiger partial charge in [-0.2, -0.15) is 0 Å². The van der Waals surface area contributed by atoms with Crippen molar-refractivity contribution < 1.29 is 4.79 Å². The third-order valence-corrected chi connectivity index (χ3v) is 5.26. The fourth-order valence-electron chi connectivity index (χ4n) is 3.46. The second kappa shape index (κ2) is 4.32. The van der Waals surface area contributed by atoms with E-state index in [1.165, 1.54) is 30.4 Å². The van der Waals surface area contributed by atoms with Crippen LogP contribution in [0.3, 0.4) is 0 Å². The number of hydrogen-bond donors (Lipinski definition) is 1. The first kappa shape index (κ1) is 12.4. The summed E-state index contributed by atoms with van der Waals surface area (Å²) in [5.41, 5.74) is 2.39. The standard InChI is InChI=1S/C17H22N2O/c1-2-12-6-8-13(9-7-12)15-18-17(10-11-17)16(20)19(15)14-4-3-5-14/h6-9,14-15,18H,2-5,10-11H2,1H3. The lowest BCUT2D eigenvalue weighted by Crippen LogP contribution is -2.44. The maximum atomic E-state index is 12.7. The third-order valence-electron chi connectivity index (χ3n) is 5.26. The lowest BCUT2D eigenvalue weighted by atomic mass is 9.90. The van der Waals surface area contributed by atoms with Crippen LogP contribution in [-0.2, 0) is 11.2 Å². The van der Waals surface area contributed by atoms with Crippen LogP contribution >= 0.6 is 0 Å². The quantitative estimate of drug-likeness (QED) is 0.916. The van der Waals surface area contributed by atoms with Crippen LogP contribution < -0.4 is 5.32 Å². The Kier molecular flexibility index (Phi) is 2.68. The second-order valence-corrected chi connectivity index (χ2v) is 6.52. The summed E-state index contributed by atoms with van der Waals surface area (Å²) in [7, 11) is 0. The normalized spacial score (nSPS) is 27.9. The molecule has 3 fully saturated rings. The van der Waals surface area contributed by atoms with Gasteiger partial charge in [-0.25, -0.2) is 0 Å². The van der Waals surface area contributed by atoms with Gasteiger partial charge in [0.15, 0.2) is 0 Å². The van der Waals surface area contributed by atoms with Gasteiger partial charge in [-0.3, -0.25) is 10.1 Å². The van der Waals surface area contributed by atoms with Crippen LogP contribution in [0.1, 0.15) is 56.3 Å². The second-order valence-electron chi connectivity index (χ2n) is 6.52. The monoisotopic (exact) mass is 270 g/mol. The fraction of sp³-hybridized carbons (Fsp3) is 0.588. The van der Waals surface area contributed by atoms with Crippen molar-refractivity contribution in [2.45, 2.75) is 63.2 Å². The Balaban J connectivity index is 1.65. The van der Waals surface area contributed by atoms with Gasteiger partial charge >= 0.3 is 0 Å². The van der Waals surface area contributed by atoms with E-state index >= 15 is 0 Å². The molecule has 0 radical (unpaired) electrons. The van der Waals surface area contributed by atoms with E-state index in [0.717, 1.165) is 19.3 Å². The number of amides is 1. The lowest BCUT2D eigenvalue weighted by Gasteiger charge is -2.38. The van der Waals surface area contributed by atoms with Crippen LogP contribution in [0.15, 0.2) is 24.3 Å². The van der Waals surface area contributed by atoms with Crippen molar-refractivity contribution in [2.75, 3.05) is 0 Å². The summed E-state index contributed by atoms with van der Waals surface area (Å²) in [5, 5.41) is 3.62. The highest BCUT2D eigenvalue weighted by molar-refractivity contribution is 5.92. The molecule has 1 saturated heterocycles. The van der Waals surface area contributed by atoms with Crippen molar-refractivity contribution in [1.29, 1.82) is 0 Å². The van der Waals surface area contributed by atoms with Crippen molar-refractivity contribution in [3.05, 3.63) is 35.4 Å². The van der Waals surface area contributed by atoms with Gasteiger partial charge in [0.25, 0.3) is 0 Å². The Morgan fingerprint density at radius 1 is 1.25 bits per heavy atom. The Hall–Kier alpha value is -1.35. The molecular formula is C17H22N2O. The van der Waals surface area contributed by atoms with Gasteiger partial charge in [-0.05, 0) is 49.7 Å². The molecule has 1 amide bonds. The number of hydrogen-bond acceptors (Lipinski definition) is 2. The Morgan fingerprint density at radius 3 is 2.45 bits per heavy atom. The first-order chi connectivity index (χ1) is 9.73. The molecule has 1 aromatic rings. The molecule has 1 heterocycles. The zero-order valence-electron chi connectivity index (χ0n) is 12.1. The van der Waals surface area contributed by atoms with E-state index in [-0.39, 0.29) is 11.7 Å². The van der Waals surface area contributed by atoms with Crippen molar-refractivity contribution in [1.82, 2.24) is 10.2 Å². The molecule has 3 nitrogen and oxygen atoms in total. The minimum Gasteiger partial charge on any atom is -0.318 e. The number of rotatable bonds is 3. The SMILES string of the molecule is CCc1ccc(C2NC3(CC3)C(=O)N2C2CCC2)cc1. The number of benzene rings is 1. The molecule has 1 atom stereocenters. The summed E-state index contributed by atoms with van der Waals surface area (Å²) in [6.07, 6.45) is 6.80. The average Bonchev–Trinajstić information content (AvgIpc) is 3.15. The minimum atomic E-state index is -0.205. The maximum absolute atomic E-state index is 12.7. The molecule has 4 rings (SSSR count). The predicted octanol–water partition coefficient (Wildman–Crippen LogP) is 2.76. The van der Waals surface area contributed by atoms with Crippen LogP contribution in [0.4, 0.5) is 0 Å². The van der Waals surface area contributed by atoms with Crippen molar-refractivity contribution >= 4 is 5.91 Å². The molecule has 1 unspecified atom stereocenters. The van der Waals surface area contributed by atoms with Gasteiger partial charge in [-0.1, -0.05) is 31.2 Å². The summed E-state index contributed by atoms with van der Waals surface area (Å²) in [4.78, 5) is 14.8. The molecule has 3 aliphatic rings. The number of nitrogens with one attached hydrogen (secondary N) is 1. The van der Waals surface area contributed by atoms with Gasteiger partial charge in [0.1, 0.15) is 11.7 Å². The van der Waals surface area contributed by atoms with Gasteiger partial charge in [0.2, 0.25) is 5.91 Å². The molecular weight excluding hydrogens is 248 g/mol. The van der Waals surface area contributed by atoms with E-state index in [9.17, 15) is 4.79 Å². The summed E-state index contributed by atoms with van der Waals surface area (Å²) in [6, 6.07) is 9.23. The van der Waals surface area contributed by atoms with Gasteiger partial charge in [0, 0.05) is 6.04 Å². The smallest absolute Gasteiger partial charge is 0.244 e. The molecule has 0 aromatic heterocycles. The number of carbonyl (C=O) groups is 1. The van der Waals surface area contributed by atoms with E-state index in [4.69, 9.17) is 0 Å². The van der Waals surface area contributed by atoms with E-state index in [2.05, 4.69) is 41.4 Å². The summed E-state index contributed by atoms with van der Waals surface area (Å²) in [6.45, 7) is 2.17. The first-order valence-corrected chi connectivity index (χ1v) is 7.93. The van der Waals surface area contributed by atoms with E-state index in [0.29, 0.717) is 11.9 Å². The average molecular weight is 270 g/mol. The Labute approximate surface area is 120 Å². The minimum absolute atomic E-state index is 0.0983. The highest BCUT2D eigenvalue weighted by atomic mass is 16.2. The van der Waals surface area contributed by atoms with Crippen LogP contribution in [0.5, 0.6) is 0 Å². The van der Waals surface area contributed by atoms with Crippen molar-refractivity contribution in [3.63, 3.8) is 0 Å².